The summed E-state index contributed by atoms with van der Waals surface area (Å²) in [5.74, 6) is -1.10. The molecule has 0 saturated carbocycles. The summed E-state index contributed by atoms with van der Waals surface area (Å²) in [4.78, 5) is 12.1. The van der Waals surface area contributed by atoms with Crippen LogP contribution in [-0.2, 0) is 4.79 Å². The van der Waals surface area contributed by atoms with Gasteiger partial charge in [-0.15, -0.1) is 0 Å². The Hall–Kier alpha value is -1.27. The summed E-state index contributed by atoms with van der Waals surface area (Å²) < 4.78 is 0.708. The van der Waals surface area contributed by atoms with Crippen molar-refractivity contribution in [1.29, 1.82) is 0 Å². The Bertz CT molecular complexity index is 494. The molecule has 0 aromatic heterocycles. The lowest BCUT2D eigenvalue weighted by molar-refractivity contribution is -0.118. The van der Waals surface area contributed by atoms with Crippen molar-refractivity contribution < 1.29 is 10.0 Å². The van der Waals surface area contributed by atoms with Crippen LogP contribution in [0.3, 0.4) is 0 Å². The zero-order chi connectivity index (χ0) is 14.4. The van der Waals surface area contributed by atoms with E-state index in [0.29, 0.717) is 21.6 Å². The number of carbonyl (C=O) groups excluding carboxylic acids is 1. The molecule has 19 heavy (non-hydrogen) atoms. The first-order chi connectivity index (χ1) is 8.99. The minimum Gasteiger partial charge on any atom is -0.409 e. The number of halogens is 2. The molecule has 7 heteroatoms. The van der Waals surface area contributed by atoms with Crippen molar-refractivity contribution in [3.8, 4) is 0 Å². The first kappa shape index (κ1) is 15.8. The maximum atomic E-state index is 12.1. The molecule has 0 heterocycles. The summed E-state index contributed by atoms with van der Waals surface area (Å²) in [6.07, 6.45) is 1.24. The summed E-state index contributed by atoms with van der Waals surface area (Å²) in [6.45, 7) is 1.92. The van der Waals surface area contributed by atoms with Gasteiger partial charge in [-0.25, -0.2) is 0 Å². The van der Waals surface area contributed by atoms with Gasteiger partial charge in [0.25, 0.3) is 0 Å². The fraction of sp³-hybridized carbons (Fsp3) is 0.333. The van der Waals surface area contributed by atoms with Crippen LogP contribution in [-0.4, -0.2) is 17.0 Å². The zero-order valence-corrected chi connectivity index (χ0v) is 12.7. The second-order valence-corrected chi connectivity index (χ2v) is 5.27. The molecule has 104 valence electrons. The molecule has 4 N–H and O–H groups in total. The summed E-state index contributed by atoms with van der Waals surface area (Å²) in [6, 6.07) is 5.06. The van der Waals surface area contributed by atoms with Crippen molar-refractivity contribution in [1.82, 2.24) is 0 Å². The number of oxime groups is 1. The number of amidine groups is 1. The minimum absolute atomic E-state index is 0.0995. The number of benzene rings is 1. The lowest BCUT2D eigenvalue weighted by Crippen LogP contribution is -2.34. The molecule has 1 rings (SSSR count). The van der Waals surface area contributed by atoms with E-state index >= 15 is 0 Å². The molecule has 1 aromatic carbocycles. The first-order valence-corrected chi connectivity index (χ1v) is 6.90. The zero-order valence-electron chi connectivity index (χ0n) is 10.4. The van der Waals surface area contributed by atoms with Crippen molar-refractivity contribution >= 4 is 45.0 Å². The number of carbonyl (C=O) groups is 1. The molecule has 1 aromatic rings. The Morgan fingerprint density at radius 1 is 1.63 bits per heavy atom. The van der Waals surface area contributed by atoms with Crippen LogP contribution in [0.1, 0.15) is 19.8 Å². The van der Waals surface area contributed by atoms with E-state index in [1.54, 1.807) is 18.2 Å². The van der Waals surface area contributed by atoms with E-state index in [9.17, 15) is 4.79 Å². The van der Waals surface area contributed by atoms with Crippen LogP contribution in [0.15, 0.2) is 27.8 Å². The highest BCUT2D eigenvalue weighted by molar-refractivity contribution is 9.10. The standard InChI is InChI=1S/C12H15BrClN3O2/c1-2-3-8(11(15)17-19)12(18)16-10-6-7(14)4-5-9(10)13/h4-6,8,19H,2-3H2,1H3,(H2,15,17)(H,16,18). The second-order valence-electron chi connectivity index (χ2n) is 3.98. The predicted molar refractivity (Wildman–Crippen MR) is 79.6 cm³/mol. The Morgan fingerprint density at radius 3 is 2.89 bits per heavy atom. The topological polar surface area (TPSA) is 87.7 Å². The maximum absolute atomic E-state index is 12.1. The van der Waals surface area contributed by atoms with Crippen LogP contribution in [0.4, 0.5) is 5.69 Å². The van der Waals surface area contributed by atoms with Crippen molar-refractivity contribution in [3.05, 3.63) is 27.7 Å². The predicted octanol–water partition coefficient (Wildman–Crippen LogP) is 3.20. The number of anilines is 1. The fourth-order valence-electron chi connectivity index (χ4n) is 1.58. The smallest absolute Gasteiger partial charge is 0.235 e. The van der Waals surface area contributed by atoms with E-state index in [1.807, 2.05) is 6.92 Å². The van der Waals surface area contributed by atoms with Gasteiger partial charge < -0.3 is 16.3 Å². The van der Waals surface area contributed by atoms with Gasteiger partial charge in [-0.1, -0.05) is 30.1 Å². The average Bonchev–Trinajstić information content (AvgIpc) is 2.39. The van der Waals surface area contributed by atoms with Crippen LogP contribution in [0.25, 0.3) is 0 Å². The van der Waals surface area contributed by atoms with Gasteiger partial charge >= 0.3 is 0 Å². The summed E-state index contributed by atoms with van der Waals surface area (Å²) in [5.41, 5.74) is 6.07. The van der Waals surface area contributed by atoms with E-state index < -0.39 is 5.92 Å². The molecular weight excluding hydrogens is 334 g/mol. The van der Waals surface area contributed by atoms with Gasteiger partial charge in [-0.3, -0.25) is 4.79 Å². The van der Waals surface area contributed by atoms with Crippen LogP contribution in [0, 0.1) is 5.92 Å². The quantitative estimate of drug-likeness (QED) is 0.330. The second kappa shape index (κ2) is 7.35. The first-order valence-electron chi connectivity index (χ1n) is 5.73. The number of nitrogens with zero attached hydrogens (tertiary/aromatic N) is 1. The van der Waals surface area contributed by atoms with Gasteiger partial charge in [0.2, 0.25) is 5.91 Å². The number of hydrogen-bond acceptors (Lipinski definition) is 3. The summed E-state index contributed by atoms with van der Waals surface area (Å²) in [5, 5.41) is 14.8. The lowest BCUT2D eigenvalue weighted by atomic mass is 10.0. The Labute approximate surface area is 124 Å². The Morgan fingerprint density at radius 2 is 2.32 bits per heavy atom. The lowest BCUT2D eigenvalue weighted by Gasteiger charge is -2.15. The Kier molecular flexibility index (Phi) is 6.11. The molecule has 0 saturated heterocycles. The van der Waals surface area contributed by atoms with Crippen LogP contribution in [0.2, 0.25) is 5.02 Å². The molecule has 1 amide bonds. The van der Waals surface area contributed by atoms with Gasteiger partial charge in [0.05, 0.1) is 11.6 Å². The van der Waals surface area contributed by atoms with Gasteiger partial charge in [0.1, 0.15) is 0 Å². The highest BCUT2D eigenvalue weighted by Crippen LogP contribution is 2.26. The number of hydrogen-bond donors (Lipinski definition) is 3. The average molecular weight is 349 g/mol. The van der Waals surface area contributed by atoms with Gasteiger partial charge in [0, 0.05) is 9.50 Å². The molecule has 5 nitrogen and oxygen atoms in total. The van der Waals surface area contributed by atoms with Crippen LogP contribution < -0.4 is 11.1 Å². The SMILES string of the molecule is CCCC(C(=O)Nc1cc(Cl)ccc1Br)/C(N)=N/O. The van der Waals surface area contributed by atoms with Crippen LogP contribution in [0.5, 0.6) is 0 Å². The molecule has 0 fully saturated rings. The van der Waals surface area contributed by atoms with E-state index in [-0.39, 0.29) is 11.7 Å². The minimum atomic E-state index is -0.666. The Balaban J connectivity index is 2.90. The van der Waals surface area contributed by atoms with E-state index in [4.69, 9.17) is 22.5 Å². The van der Waals surface area contributed by atoms with Gasteiger partial charge in [-0.2, -0.15) is 0 Å². The van der Waals surface area contributed by atoms with Gasteiger partial charge in [0.15, 0.2) is 5.84 Å². The third kappa shape index (κ3) is 4.40. The molecule has 0 spiro atoms. The third-order valence-corrected chi connectivity index (χ3v) is 3.48. The number of amides is 1. The van der Waals surface area contributed by atoms with Crippen molar-refractivity contribution in [2.45, 2.75) is 19.8 Å². The molecule has 0 aliphatic carbocycles. The molecule has 0 radical (unpaired) electrons. The van der Waals surface area contributed by atoms with E-state index in [2.05, 4.69) is 26.4 Å². The van der Waals surface area contributed by atoms with E-state index in [0.717, 1.165) is 6.42 Å². The highest BCUT2D eigenvalue weighted by Gasteiger charge is 2.23. The number of rotatable bonds is 5. The monoisotopic (exact) mass is 347 g/mol. The largest absolute Gasteiger partial charge is 0.409 e. The van der Waals surface area contributed by atoms with Crippen molar-refractivity contribution in [2.24, 2.45) is 16.8 Å². The van der Waals surface area contributed by atoms with Crippen LogP contribution >= 0.6 is 27.5 Å². The summed E-state index contributed by atoms with van der Waals surface area (Å²) >= 11 is 9.19. The van der Waals surface area contributed by atoms with Crippen molar-refractivity contribution in [2.75, 3.05) is 5.32 Å². The van der Waals surface area contributed by atoms with E-state index in [1.165, 1.54) is 0 Å². The molecule has 0 bridgehead atoms. The molecule has 1 atom stereocenters. The highest BCUT2D eigenvalue weighted by atomic mass is 79.9. The number of nitrogens with two attached hydrogens (primary N) is 1. The molecular formula is C12H15BrClN3O2. The summed E-state index contributed by atoms with van der Waals surface area (Å²) in [7, 11) is 0. The molecule has 1 unspecified atom stereocenters. The molecule has 0 aliphatic heterocycles. The maximum Gasteiger partial charge on any atom is 0.235 e. The molecule has 0 aliphatic rings. The van der Waals surface area contributed by atoms with Crippen molar-refractivity contribution in [3.63, 3.8) is 0 Å². The van der Waals surface area contributed by atoms with Gasteiger partial charge in [-0.05, 0) is 40.5 Å². The fourth-order valence-corrected chi connectivity index (χ4v) is 2.10. The number of nitrogens with one attached hydrogen (secondary N) is 1. The third-order valence-electron chi connectivity index (χ3n) is 2.55. The normalized spacial score (nSPS) is 13.1.